The van der Waals surface area contributed by atoms with Crippen LogP contribution in [0.1, 0.15) is 27.0 Å². The number of carbonyl (C=O) groups excluding carboxylic acids is 1. The molecule has 5 rings (SSSR count). The molecule has 0 unspecified atom stereocenters. The quantitative estimate of drug-likeness (QED) is 0.461. The fourth-order valence-electron chi connectivity index (χ4n) is 4.09. The van der Waals surface area contributed by atoms with E-state index in [4.69, 9.17) is 10.5 Å². The average molecular weight is 455 g/mol. The number of benzene rings is 1. The standard InChI is InChI=1S/C26H26N6O2/c27-25-23-3-1-19(12-21(23)5-6-29-25)16-31-26(33)22-13-20(14-28-17-22)11-18-2-4-24(30-15-18)32-7-9-34-10-8-32/h1-6,12-15,17H,7-11,16H2,(H2,27,29)(H,31,33). The molecule has 172 valence electrons. The molecule has 3 N–H and O–H groups in total. The number of anilines is 2. The third kappa shape index (κ3) is 4.97. The molecule has 1 fully saturated rings. The Balaban J connectivity index is 1.21. The molecule has 1 amide bonds. The summed E-state index contributed by atoms with van der Waals surface area (Å²) in [5, 5.41) is 4.88. The van der Waals surface area contributed by atoms with Crippen LogP contribution in [0, 0.1) is 0 Å². The van der Waals surface area contributed by atoms with Crippen molar-refractivity contribution >= 4 is 28.3 Å². The maximum atomic E-state index is 12.8. The van der Waals surface area contributed by atoms with Gasteiger partial charge in [0, 0.05) is 56.2 Å². The Labute approximate surface area is 197 Å². The van der Waals surface area contributed by atoms with Gasteiger partial charge in [-0.1, -0.05) is 18.2 Å². The lowest BCUT2D eigenvalue weighted by molar-refractivity contribution is 0.0950. The number of nitrogens with zero attached hydrogens (tertiary/aromatic N) is 4. The lowest BCUT2D eigenvalue weighted by atomic mass is 10.1. The molecule has 0 bridgehead atoms. The summed E-state index contributed by atoms with van der Waals surface area (Å²) in [4.78, 5) is 28.0. The van der Waals surface area contributed by atoms with Crippen molar-refractivity contribution in [3.05, 3.63) is 89.5 Å². The largest absolute Gasteiger partial charge is 0.383 e. The first kappa shape index (κ1) is 21.8. The van der Waals surface area contributed by atoms with E-state index >= 15 is 0 Å². The van der Waals surface area contributed by atoms with Crippen LogP contribution in [-0.2, 0) is 17.7 Å². The van der Waals surface area contributed by atoms with E-state index < -0.39 is 0 Å². The van der Waals surface area contributed by atoms with E-state index in [1.807, 2.05) is 42.6 Å². The highest BCUT2D eigenvalue weighted by atomic mass is 16.5. The Hall–Kier alpha value is -4.04. The number of nitrogens with two attached hydrogens (primary N) is 1. The van der Waals surface area contributed by atoms with Crippen LogP contribution < -0.4 is 16.0 Å². The normalized spacial score (nSPS) is 13.7. The van der Waals surface area contributed by atoms with E-state index in [1.54, 1.807) is 18.6 Å². The van der Waals surface area contributed by atoms with E-state index in [2.05, 4.69) is 31.2 Å². The predicted octanol–water partition coefficient (Wildman–Crippen LogP) is 2.96. The van der Waals surface area contributed by atoms with Gasteiger partial charge in [0.15, 0.2) is 0 Å². The maximum Gasteiger partial charge on any atom is 0.253 e. The number of rotatable bonds is 6. The summed E-state index contributed by atoms with van der Waals surface area (Å²) < 4.78 is 5.40. The van der Waals surface area contributed by atoms with E-state index in [9.17, 15) is 4.79 Å². The van der Waals surface area contributed by atoms with Gasteiger partial charge in [0.25, 0.3) is 5.91 Å². The predicted molar refractivity (Wildman–Crippen MR) is 132 cm³/mol. The second kappa shape index (κ2) is 9.84. The zero-order chi connectivity index (χ0) is 23.3. The Morgan fingerprint density at radius 2 is 1.82 bits per heavy atom. The van der Waals surface area contributed by atoms with Gasteiger partial charge in [0.2, 0.25) is 0 Å². The molecule has 4 heterocycles. The number of amides is 1. The number of nitrogens with one attached hydrogen (secondary N) is 1. The average Bonchev–Trinajstić information content (AvgIpc) is 2.88. The lowest BCUT2D eigenvalue weighted by Crippen LogP contribution is -2.36. The molecule has 34 heavy (non-hydrogen) atoms. The molecule has 1 aromatic carbocycles. The molecule has 1 aliphatic heterocycles. The molecule has 1 saturated heterocycles. The van der Waals surface area contributed by atoms with Crippen LogP contribution in [0.2, 0.25) is 0 Å². The van der Waals surface area contributed by atoms with Crippen molar-refractivity contribution in [3.8, 4) is 0 Å². The van der Waals surface area contributed by atoms with Gasteiger partial charge in [-0.3, -0.25) is 9.78 Å². The fourth-order valence-corrected chi connectivity index (χ4v) is 4.09. The molecule has 0 spiro atoms. The maximum absolute atomic E-state index is 12.8. The number of ether oxygens (including phenoxy) is 1. The highest BCUT2D eigenvalue weighted by Crippen LogP contribution is 2.20. The first-order valence-corrected chi connectivity index (χ1v) is 11.3. The minimum Gasteiger partial charge on any atom is -0.383 e. The van der Waals surface area contributed by atoms with Crippen molar-refractivity contribution in [2.24, 2.45) is 0 Å². The van der Waals surface area contributed by atoms with Gasteiger partial charge in [-0.25, -0.2) is 9.97 Å². The lowest BCUT2D eigenvalue weighted by Gasteiger charge is -2.27. The second-order valence-electron chi connectivity index (χ2n) is 8.32. The topological polar surface area (TPSA) is 106 Å². The highest BCUT2D eigenvalue weighted by molar-refractivity contribution is 5.94. The molecule has 1 aliphatic rings. The Bertz CT molecular complexity index is 1300. The summed E-state index contributed by atoms with van der Waals surface area (Å²) in [6.07, 6.45) is 7.60. The monoisotopic (exact) mass is 454 g/mol. The summed E-state index contributed by atoms with van der Waals surface area (Å²) in [5.41, 5.74) is 9.47. The summed E-state index contributed by atoms with van der Waals surface area (Å²) in [5.74, 6) is 1.30. The molecular formula is C26H26N6O2. The second-order valence-corrected chi connectivity index (χ2v) is 8.32. The summed E-state index contributed by atoms with van der Waals surface area (Å²) in [6, 6.07) is 13.8. The Morgan fingerprint density at radius 1 is 0.971 bits per heavy atom. The molecule has 8 heteroatoms. The van der Waals surface area contributed by atoms with Crippen LogP contribution in [0.5, 0.6) is 0 Å². The van der Waals surface area contributed by atoms with Crippen molar-refractivity contribution in [1.82, 2.24) is 20.3 Å². The summed E-state index contributed by atoms with van der Waals surface area (Å²) in [7, 11) is 0. The number of nitrogen functional groups attached to an aromatic ring is 1. The third-order valence-electron chi connectivity index (χ3n) is 5.92. The molecule has 0 saturated carbocycles. The van der Waals surface area contributed by atoms with Gasteiger partial charge in [0.1, 0.15) is 11.6 Å². The third-order valence-corrected chi connectivity index (χ3v) is 5.92. The Morgan fingerprint density at radius 3 is 2.65 bits per heavy atom. The molecule has 8 nitrogen and oxygen atoms in total. The Kier molecular flexibility index (Phi) is 6.31. The highest BCUT2D eigenvalue weighted by Gasteiger charge is 2.13. The SMILES string of the molecule is Nc1nccc2cc(CNC(=O)c3cncc(Cc4ccc(N5CCOCC5)nc4)c3)ccc12. The minimum absolute atomic E-state index is 0.163. The van der Waals surface area contributed by atoms with Crippen LogP contribution in [0.15, 0.2) is 67.3 Å². The van der Waals surface area contributed by atoms with Gasteiger partial charge in [-0.05, 0) is 46.3 Å². The number of hydrogen-bond acceptors (Lipinski definition) is 7. The van der Waals surface area contributed by atoms with E-state index in [1.165, 1.54) is 0 Å². The number of fused-ring (bicyclic) bond motifs is 1. The van der Waals surface area contributed by atoms with Gasteiger partial charge in [-0.15, -0.1) is 0 Å². The van der Waals surface area contributed by atoms with Gasteiger partial charge < -0.3 is 20.7 Å². The number of pyridine rings is 3. The van der Waals surface area contributed by atoms with Crippen LogP contribution in [0.3, 0.4) is 0 Å². The minimum atomic E-state index is -0.163. The van der Waals surface area contributed by atoms with Crippen LogP contribution in [-0.4, -0.2) is 47.2 Å². The first-order valence-electron chi connectivity index (χ1n) is 11.3. The van der Waals surface area contributed by atoms with Crippen molar-refractivity contribution < 1.29 is 9.53 Å². The van der Waals surface area contributed by atoms with Crippen LogP contribution >= 0.6 is 0 Å². The summed E-state index contributed by atoms with van der Waals surface area (Å²) >= 11 is 0. The van der Waals surface area contributed by atoms with Crippen LogP contribution in [0.25, 0.3) is 10.8 Å². The van der Waals surface area contributed by atoms with Crippen LogP contribution in [0.4, 0.5) is 11.6 Å². The van der Waals surface area contributed by atoms with E-state index in [0.29, 0.717) is 24.3 Å². The molecule has 0 atom stereocenters. The molecule has 0 radical (unpaired) electrons. The van der Waals surface area contributed by atoms with Gasteiger partial charge in [0.05, 0.1) is 18.8 Å². The van der Waals surface area contributed by atoms with Crippen molar-refractivity contribution in [2.45, 2.75) is 13.0 Å². The van der Waals surface area contributed by atoms with Crippen molar-refractivity contribution in [2.75, 3.05) is 36.9 Å². The summed E-state index contributed by atoms with van der Waals surface area (Å²) in [6.45, 7) is 3.60. The molecule has 3 aromatic heterocycles. The molecular weight excluding hydrogens is 428 g/mol. The zero-order valence-corrected chi connectivity index (χ0v) is 18.8. The van der Waals surface area contributed by atoms with Gasteiger partial charge in [-0.2, -0.15) is 0 Å². The van der Waals surface area contributed by atoms with Crippen molar-refractivity contribution in [3.63, 3.8) is 0 Å². The van der Waals surface area contributed by atoms with Gasteiger partial charge >= 0.3 is 0 Å². The molecule has 0 aliphatic carbocycles. The number of morpholine rings is 1. The van der Waals surface area contributed by atoms with Crippen molar-refractivity contribution in [1.29, 1.82) is 0 Å². The van der Waals surface area contributed by atoms with E-state index in [-0.39, 0.29) is 5.91 Å². The first-order chi connectivity index (χ1) is 16.7. The fraction of sp³-hybridized carbons (Fsp3) is 0.231. The zero-order valence-electron chi connectivity index (χ0n) is 18.8. The number of hydrogen-bond donors (Lipinski definition) is 2. The molecule has 4 aromatic rings. The van der Waals surface area contributed by atoms with E-state index in [0.717, 1.165) is 59.6 Å². The smallest absolute Gasteiger partial charge is 0.253 e. The number of aromatic nitrogens is 3. The number of carbonyl (C=O) groups is 1.